The Bertz CT molecular complexity index is 1180. The van der Waals surface area contributed by atoms with Crippen LogP contribution < -0.4 is 5.32 Å². The molecule has 12 atom stereocenters. The monoisotopic (exact) mass is 960 g/mol. The van der Waals surface area contributed by atoms with Crippen LogP contribution in [0.4, 0.5) is 0 Å². The Hall–Kier alpha value is -1.27. The summed E-state index contributed by atoms with van der Waals surface area (Å²) in [6, 6.07) is -0.905. The zero-order valence-corrected chi connectivity index (χ0v) is 42.2. The molecular formula is C53H101NO13. The predicted molar refractivity (Wildman–Crippen MR) is 263 cm³/mol. The van der Waals surface area contributed by atoms with Crippen molar-refractivity contribution in [3.05, 3.63) is 12.2 Å². The van der Waals surface area contributed by atoms with Gasteiger partial charge in [-0.05, 0) is 12.8 Å². The highest BCUT2D eigenvalue weighted by Gasteiger charge is 2.51. The molecule has 9 N–H and O–H groups in total. The second kappa shape index (κ2) is 40.3. The Labute approximate surface area is 406 Å². The van der Waals surface area contributed by atoms with Gasteiger partial charge in [-0.25, -0.2) is 0 Å². The first-order valence-electron chi connectivity index (χ1n) is 27.4. The van der Waals surface area contributed by atoms with Crippen LogP contribution >= 0.6 is 0 Å². The second-order valence-corrected chi connectivity index (χ2v) is 19.7. The van der Waals surface area contributed by atoms with Crippen molar-refractivity contribution >= 4 is 5.91 Å². The van der Waals surface area contributed by atoms with E-state index in [9.17, 15) is 45.6 Å². The molecule has 0 saturated carbocycles. The minimum atomic E-state index is -1.78. The maximum atomic E-state index is 13.0. The van der Waals surface area contributed by atoms with E-state index in [1.807, 2.05) is 13.0 Å². The van der Waals surface area contributed by atoms with E-state index in [2.05, 4.69) is 12.2 Å². The smallest absolute Gasteiger partial charge is 0.220 e. The molecule has 0 bridgehead atoms. The van der Waals surface area contributed by atoms with Crippen molar-refractivity contribution in [2.75, 3.05) is 19.8 Å². The van der Waals surface area contributed by atoms with Crippen molar-refractivity contribution < 1.29 is 64.6 Å². The normalized spacial score (nSPS) is 26.6. The van der Waals surface area contributed by atoms with Crippen LogP contribution in [0.15, 0.2) is 12.2 Å². The molecule has 2 heterocycles. The van der Waals surface area contributed by atoms with Gasteiger partial charge in [-0.15, -0.1) is 0 Å². The summed E-state index contributed by atoms with van der Waals surface area (Å²) in [7, 11) is 0. The third kappa shape index (κ3) is 27.2. The van der Waals surface area contributed by atoms with Crippen molar-refractivity contribution in [1.29, 1.82) is 0 Å². The lowest BCUT2D eigenvalue weighted by Gasteiger charge is -2.46. The van der Waals surface area contributed by atoms with Gasteiger partial charge in [-0.1, -0.05) is 219 Å². The lowest BCUT2D eigenvalue weighted by atomic mass is 9.97. The summed E-state index contributed by atoms with van der Waals surface area (Å²) in [5, 5.41) is 85.9. The van der Waals surface area contributed by atoms with Gasteiger partial charge in [0.1, 0.15) is 48.8 Å². The molecule has 0 aromatic heterocycles. The van der Waals surface area contributed by atoms with Gasteiger partial charge in [0, 0.05) is 6.42 Å². The third-order valence-corrected chi connectivity index (χ3v) is 13.7. The Balaban J connectivity index is 1.52. The van der Waals surface area contributed by atoms with Crippen LogP contribution in [-0.4, -0.2) is 140 Å². The van der Waals surface area contributed by atoms with Gasteiger partial charge < -0.3 is 65.1 Å². The maximum Gasteiger partial charge on any atom is 0.220 e. The minimum Gasteiger partial charge on any atom is -0.394 e. The molecule has 2 aliphatic rings. The molecule has 14 nitrogen and oxygen atoms in total. The standard InChI is InChI=1S/C53H101NO13/c1-3-5-7-8-9-10-11-12-13-14-15-16-17-18-19-20-21-22-23-24-25-26-27-28-29-30-31-32-33-35-37-45(58)54-41(42(57)36-34-6-4-2)40-64-52-50(63)48(61)51(44(39-56)66-52)67-53-49(62)47(60)46(59)43(38-55)65-53/h34,36,41-44,46-53,55-57,59-63H,3-33,35,37-40H2,1-2H3,(H,54,58)/b36-34+. The highest BCUT2D eigenvalue weighted by Crippen LogP contribution is 2.30. The van der Waals surface area contributed by atoms with Gasteiger partial charge in [0.2, 0.25) is 5.91 Å². The maximum absolute atomic E-state index is 13.0. The number of hydrogen-bond donors (Lipinski definition) is 9. The largest absolute Gasteiger partial charge is 0.394 e. The molecule has 2 rings (SSSR count). The highest BCUT2D eigenvalue weighted by molar-refractivity contribution is 5.76. The molecule has 2 saturated heterocycles. The summed E-state index contributed by atoms with van der Waals surface area (Å²) in [5.41, 5.74) is 0. The van der Waals surface area contributed by atoms with E-state index in [-0.39, 0.29) is 18.9 Å². The van der Waals surface area contributed by atoms with Crippen molar-refractivity contribution in [1.82, 2.24) is 5.32 Å². The average molecular weight is 960 g/mol. The number of allylic oxidation sites excluding steroid dienone is 1. The number of aliphatic hydroxyl groups is 8. The van der Waals surface area contributed by atoms with Gasteiger partial charge in [-0.3, -0.25) is 4.79 Å². The van der Waals surface area contributed by atoms with Gasteiger partial charge >= 0.3 is 0 Å². The first-order valence-corrected chi connectivity index (χ1v) is 27.4. The van der Waals surface area contributed by atoms with E-state index in [1.54, 1.807) is 6.08 Å². The lowest BCUT2D eigenvalue weighted by Crippen LogP contribution is -2.65. The number of ether oxygens (including phenoxy) is 4. The third-order valence-electron chi connectivity index (χ3n) is 13.7. The van der Waals surface area contributed by atoms with Crippen LogP contribution in [0, 0.1) is 0 Å². The number of aliphatic hydroxyl groups excluding tert-OH is 8. The fourth-order valence-electron chi connectivity index (χ4n) is 9.24. The number of amides is 1. The zero-order valence-electron chi connectivity index (χ0n) is 42.2. The highest BCUT2D eigenvalue weighted by atomic mass is 16.7. The Morgan fingerprint density at radius 2 is 0.925 bits per heavy atom. The molecule has 396 valence electrons. The number of unbranched alkanes of at least 4 members (excludes halogenated alkanes) is 30. The molecule has 0 aromatic carbocycles. The molecule has 2 fully saturated rings. The molecule has 1 amide bonds. The lowest BCUT2D eigenvalue weighted by molar-refractivity contribution is -0.359. The zero-order chi connectivity index (χ0) is 48.9. The number of carbonyl (C=O) groups is 1. The van der Waals surface area contributed by atoms with E-state index in [4.69, 9.17) is 18.9 Å². The van der Waals surface area contributed by atoms with Gasteiger partial charge in [0.15, 0.2) is 12.6 Å². The van der Waals surface area contributed by atoms with E-state index < -0.39 is 86.8 Å². The first-order chi connectivity index (χ1) is 32.6. The van der Waals surface area contributed by atoms with Crippen LogP contribution in [0.2, 0.25) is 0 Å². The van der Waals surface area contributed by atoms with Crippen molar-refractivity contribution in [3.8, 4) is 0 Å². The molecule has 0 aromatic rings. The molecule has 2 aliphatic heterocycles. The summed E-state index contributed by atoms with van der Waals surface area (Å²) in [6.45, 7) is 2.58. The van der Waals surface area contributed by atoms with Crippen molar-refractivity contribution in [3.63, 3.8) is 0 Å². The van der Waals surface area contributed by atoms with Crippen LogP contribution in [0.25, 0.3) is 0 Å². The minimum absolute atomic E-state index is 0.247. The molecule has 14 heteroatoms. The van der Waals surface area contributed by atoms with Gasteiger partial charge in [0.25, 0.3) is 0 Å². The summed E-state index contributed by atoms with van der Waals surface area (Å²) in [5.74, 6) is -0.247. The molecule has 0 radical (unpaired) electrons. The number of rotatable bonds is 43. The quantitative estimate of drug-likeness (QED) is 0.0209. The van der Waals surface area contributed by atoms with Crippen LogP contribution in [0.5, 0.6) is 0 Å². The van der Waals surface area contributed by atoms with Gasteiger partial charge in [-0.2, -0.15) is 0 Å². The summed E-state index contributed by atoms with van der Waals surface area (Å²) in [6.07, 6.45) is 28.4. The fraction of sp³-hybridized carbons (Fsp3) is 0.943. The fourth-order valence-corrected chi connectivity index (χ4v) is 9.24. The van der Waals surface area contributed by atoms with E-state index in [0.29, 0.717) is 6.42 Å². The van der Waals surface area contributed by atoms with Crippen LogP contribution in [0.1, 0.15) is 226 Å². The van der Waals surface area contributed by atoms with E-state index in [0.717, 1.165) is 32.1 Å². The van der Waals surface area contributed by atoms with Gasteiger partial charge in [0.05, 0.1) is 32.0 Å². The number of carbonyl (C=O) groups excluding carboxylic acids is 1. The Morgan fingerprint density at radius 1 is 0.522 bits per heavy atom. The SMILES string of the molecule is CCC/C=C/C(O)C(COC1OC(CO)C(OC2OC(CO)C(O)C(O)C2O)C(O)C1O)NC(=O)CCCCCCCCCCCCCCCCCCCCCCCCCCCCCCCC. The summed E-state index contributed by atoms with van der Waals surface area (Å²) in [4.78, 5) is 13.0. The molecule has 0 spiro atoms. The summed E-state index contributed by atoms with van der Waals surface area (Å²) >= 11 is 0. The molecular weight excluding hydrogens is 859 g/mol. The predicted octanol–water partition coefficient (Wildman–Crippen LogP) is 7.94. The Morgan fingerprint density at radius 3 is 1.34 bits per heavy atom. The van der Waals surface area contributed by atoms with Crippen LogP contribution in [0.3, 0.4) is 0 Å². The first kappa shape index (κ1) is 61.8. The number of nitrogens with one attached hydrogen (secondary N) is 1. The van der Waals surface area contributed by atoms with Crippen molar-refractivity contribution in [2.24, 2.45) is 0 Å². The van der Waals surface area contributed by atoms with Crippen LogP contribution in [-0.2, 0) is 23.7 Å². The second-order valence-electron chi connectivity index (χ2n) is 19.7. The average Bonchev–Trinajstić information content (AvgIpc) is 3.32. The summed E-state index contributed by atoms with van der Waals surface area (Å²) < 4.78 is 22.5. The van der Waals surface area contributed by atoms with E-state index >= 15 is 0 Å². The molecule has 67 heavy (non-hydrogen) atoms. The molecule has 12 unspecified atom stereocenters. The molecule has 0 aliphatic carbocycles. The Kier molecular flexibility index (Phi) is 37.2. The van der Waals surface area contributed by atoms with Crippen molar-refractivity contribution in [2.45, 2.75) is 299 Å². The number of hydrogen-bond acceptors (Lipinski definition) is 13. The topological polar surface area (TPSA) is 228 Å². The van der Waals surface area contributed by atoms with E-state index in [1.165, 1.54) is 167 Å².